The number of rotatable bonds is 5. The number of methoxy groups -OCH3 is 1. The second-order valence-corrected chi connectivity index (χ2v) is 7.19. The fourth-order valence-corrected chi connectivity index (χ4v) is 3.46. The van der Waals surface area contributed by atoms with Gasteiger partial charge in [-0.05, 0) is 54.8 Å². The zero-order chi connectivity index (χ0) is 21.3. The second kappa shape index (κ2) is 7.87. The highest BCUT2D eigenvalue weighted by Crippen LogP contribution is 2.35. The van der Waals surface area contributed by atoms with Gasteiger partial charge in [0.25, 0.3) is 11.8 Å². The van der Waals surface area contributed by atoms with Crippen molar-refractivity contribution in [3.63, 3.8) is 0 Å². The van der Waals surface area contributed by atoms with Crippen molar-refractivity contribution in [2.75, 3.05) is 17.3 Å². The fraction of sp³-hybridized carbons (Fsp3) is 0.120. The van der Waals surface area contributed by atoms with E-state index < -0.39 is 5.91 Å². The molecular weight excluding hydrogens is 376 g/mol. The van der Waals surface area contributed by atoms with Gasteiger partial charge < -0.3 is 10.1 Å². The Kier molecular flexibility index (Phi) is 5.11. The highest BCUT2D eigenvalue weighted by molar-refractivity contribution is 6.46. The summed E-state index contributed by atoms with van der Waals surface area (Å²) in [5, 5.41) is 3.17. The summed E-state index contributed by atoms with van der Waals surface area (Å²) < 4.78 is 5.27. The third kappa shape index (κ3) is 3.46. The number of amides is 2. The third-order valence-corrected chi connectivity index (χ3v) is 5.23. The minimum atomic E-state index is -0.398. The molecule has 5 heteroatoms. The van der Waals surface area contributed by atoms with Gasteiger partial charge in [0.2, 0.25) is 0 Å². The molecule has 0 aromatic heterocycles. The van der Waals surface area contributed by atoms with E-state index in [0.717, 1.165) is 16.8 Å². The van der Waals surface area contributed by atoms with Gasteiger partial charge in [-0.2, -0.15) is 0 Å². The van der Waals surface area contributed by atoms with E-state index in [1.165, 1.54) is 4.90 Å². The first-order chi connectivity index (χ1) is 14.5. The topological polar surface area (TPSA) is 58.6 Å². The molecule has 1 aliphatic heterocycles. The summed E-state index contributed by atoms with van der Waals surface area (Å²) in [6.45, 7) is 4.01. The molecule has 30 heavy (non-hydrogen) atoms. The molecule has 0 spiro atoms. The Morgan fingerprint density at radius 1 is 0.800 bits per heavy atom. The first-order valence-electron chi connectivity index (χ1n) is 9.66. The average Bonchev–Trinajstić information content (AvgIpc) is 3.00. The molecule has 1 heterocycles. The largest absolute Gasteiger partial charge is 0.497 e. The van der Waals surface area contributed by atoms with Gasteiger partial charge in [0, 0.05) is 11.8 Å². The molecule has 0 saturated carbocycles. The monoisotopic (exact) mass is 398 g/mol. The minimum absolute atomic E-state index is 0.261. The zero-order valence-electron chi connectivity index (χ0n) is 17.1. The quantitative estimate of drug-likeness (QED) is 0.633. The van der Waals surface area contributed by atoms with Crippen LogP contribution in [-0.2, 0) is 9.59 Å². The minimum Gasteiger partial charge on any atom is -0.497 e. The van der Waals surface area contributed by atoms with Crippen molar-refractivity contribution in [1.29, 1.82) is 0 Å². The van der Waals surface area contributed by atoms with Crippen LogP contribution in [0.1, 0.15) is 16.7 Å². The third-order valence-electron chi connectivity index (χ3n) is 5.23. The first-order valence-corrected chi connectivity index (χ1v) is 9.66. The molecule has 150 valence electrons. The number of carbonyl (C=O) groups excluding carboxylic acids is 2. The molecule has 0 bridgehead atoms. The van der Waals surface area contributed by atoms with Gasteiger partial charge in [-0.25, -0.2) is 4.90 Å². The fourth-order valence-electron chi connectivity index (χ4n) is 3.46. The van der Waals surface area contributed by atoms with Crippen molar-refractivity contribution in [1.82, 2.24) is 0 Å². The highest BCUT2D eigenvalue weighted by atomic mass is 16.5. The number of aryl methyl sites for hydroxylation is 2. The van der Waals surface area contributed by atoms with Crippen LogP contribution in [0.4, 0.5) is 11.4 Å². The predicted molar refractivity (Wildman–Crippen MR) is 118 cm³/mol. The lowest BCUT2D eigenvalue weighted by Crippen LogP contribution is -2.32. The zero-order valence-corrected chi connectivity index (χ0v) is 17.1. The van der Waals surface area contributed by atoms with Crippen LogP contribution >= 0.6 is 0 Å². The van der Waals surface area contributed by atoms with Gasteiger partial charge in [0.15, 0.2) is 0 Å². The lowest BCUT2D eigenvalue weighted by Gasteiger charge is -2.16. The Labute approximate surface area is 175 Å². The van der Waals surface area contributed by atoms with Gasteiger partial charge in [0.05, 0.1) is 18.4 Å². The number of anilines is 2. The van der Waals surface area contributed by atoms with E-state index in [1.54, 1.807) is 31.4 Å². The van der Waals surface area contributed by atoms with Crippen molar-refractivity contribution in [3.8, 4) is 5.75 Å². The molecule has 4 rings (SSSR count). The van der Waals surface area contributed by atoms with Crippen LogP contribution in [0.2, 0.25) is 0 Å². The molecule has 3 aromatic rings. The second-order valence-electron chi connectivity index (χ2n) is 7.19. The smallest absolute Gasteiger partial charge is 0.282 e. The van der Waals surface area contributed by atoms with Crippen LogP contribution in [0.5, 0.6) is 5.75 Å². The predicted octanol–water partition coefficient (Wildman–Crippen LogP) is 4.71. The average molecular weight is 398 g/mol. The van der Waals surface area contributed by atoms with E-state index in [4.69, 9.17) is 4.74 Å². The van der Waals surface area contributed by atoms with Crippen LogP contribution in [-0.4, -0.2) is 18.9 Å². The Morgan fingerprint density at radius 2 is 1.57 bits per heavy atom. The summed E-state index contributed by atoms with van der Waals surface area (Å²) in [6.07, 6.45) is 0. The number of carbonyl (C=O) groups is 2. The van der Waals surface area contributed by atoms with Gasteiger partial charge in [-0.1, -0.05) is 42.5 Å². The SMILES string of the molecule is COc1cccc(N2C(=O)C(Nc3ccccc3)=C(c3ccc(C)c(C)c3)C2=O)c1. The van der Waals surface area contributed by atoms with Gasteiger partial charge in [0.1, 0.15) is 11.4 Å². The number of para-hydroxylation sites is 1. The number of hydrogen-bond donors (Lipinski definition) is 1. The first kappa shape index (κ1) is 19.5. The number of nitrogens with one attached hydrogen (secondary N) is 1. The van der Waals surface area contributed by atoms with Crippen LogP contribution < -0.4 is 15.0 Å². The molecule has 0 atom stereocenters. The van der Waals surface area contributed by atoms with E-state index >= 15 is 0 Å². The molecule has 5 nitrogen and oxygen atoms in total. The molecule has 0 radical (unpaired) electrons. The summed E-state index contributed by atoms with van der Waals surface area (Å²) in [5.74, 6) is -0.189. The lowest BCUT2D eigenvalue weighted by atomic mass is 9.99. The maximum absolute atomic E-state index is 13.5. The number of imide groups is 1. The molecule has 1 aliphatic rings. The summed E-state index contributed by atoms with van der Waals surface area (Å²) >= 11 is 0. The van der Waals surface area contributed by atoms with Gasteiger partial charge >= 0.3 is 0 Å². The summed E-state index contributed by atoms with van der Waals surface area (Å²) in [7, 11) is 1.55. The van der Waals surface area contributed by atoms with Crippen LogP contribution in [0.25, 0.3) is 5.57 Å². The lowest BCUT2D eigenvalue weighted by molar-refractivity contribution is -0.120. The van der Waals surface area contributed by atoms with E-state index in [0.29, 0.717) is 22.6 Å². The van der Waals surface area contributed by atoms with Crippen molar-refractivity contribution in [3.05, 3.63) is 95.2 Å². The molecule has 2 amide bonds. The van der Waals surface area contributed by atoms with Gasteiger partial charge in [-0.3, -0.25) is 9.59 Å². The number of ether oxygens (including phenoxy) is 1. The van der Waals surface area contributed by atoms with Crippen LogP contribution in [0.3, 0.4) is 0 Å². The van der Waals surface area contributed by atoms with Crippen molar-refractivity contribution in [2.45, 2.75) is 13.8 Å². The van der Waals surface area contributed by atoms with Crippen molar-refractivity contribution >= 4 is 28.8 Å². The Hall–Kier alpha value is -3.86. The van der Waals surface area contributed by atoms with Crippen molar-refractivity contribution in [2.24, 2.45) is 0 Å². The highest BCUT2D eigenvalue weighted by Gasteiger charge is 2.40. The number of benzene rings is 3. The molecular formula is C25H22N2O3. The normalized spacial score (nSPS) is 13.8. The van der Waals surface area contributed by atoms with E-state index in [1.807, 2.05) is 62.4 Å². The molecule has 3 aromatic carbocycles. The maximum atomic E-state index is 13.5. The summed E-state index contributed by atoms with van der Waals surface area (Å²) in [5.41, 5.74) is 4.71. The molecule has 0 saturated heterocycles. The van der Waals surface area contributed by atoms with E-state index in [2.05, 4.69) is 5.32 Å². The van der Waals surface area contributed by atoms with Gasteiger partial charge in [-0.15, -0.1) is 0 Å². The standard InChI is InChI=1S/C25H22N2O3/c1-16-12-13-18(14-17(16)2)22-23(26-19-8-5-4-6-9-19)25(29)27(24(22)28)20-10-7-11-21(15-20)30-3/h4-15,26H,1-3H3. The molecule has 0 unspecified atom stereocenters. The Morgan fingerprint density at radius 3 is 2.27 bits per heavy atom. The Bertz CT molecular complexity index is 1170. The maximum Gasteiger partial charge on any atom is 0.282 e. The number of hydrogen-bond acceptors (Lipinski definition) is 4. The Balaban J connectivity index is 1.84. The van der Waals surface area contributed by atoms with Crippen LogP contribution in [0.15, 0.2) is 78.5 Å². The molecule has 0 fully saturated rings. The van der Waals surface area contributed by atoms with E-state index in [-0.39, 0.29) is 11.6 Å². The van der Waals surface area contributed by atoms with Crippen molar-refractivity contribution < 1.29 is 14.3 Å². The number of nitrogens with zero attached hydrogens (tertiary/aromatic N) is 1. The molecule has 0 aliphatic carbocycles. The molecule has 1 N–H and O–H groups in total. The summed E-state index contributed by atoms with van der Waals surface area (Å²) in [4.78, 5) is 28.1. The summed E-state index contributed by atoms with van der Waals surface area (Å²) in [6, 6.07) is 22.1. The van der Waals surface area contributed by atoms with Crippen LogP contribution in [0, 0.1) is 13.8 Å². The van der Waals surface area contributed by atoms with E-state index in [9.17, 15) is 9.59 Å².